The maximum absolute atomic E-state index is 13.1. The molecule has 1 heterocycles. The molecule has 27 heavy (non-hydrogen) atoms. The minimum absolute atomic E-state index is 0.191. The first-order valence-corrected chi connectivity index (χ1v) is 10.9. The van der Waals surface area contributed by atoms with Gasteiger partial charge in [-0.2, -0.15) is 0 Å². The Balaban J connectivity index is 2.23. The van der Waals surface area contributed by atoms with Crippen molar-refractivity contribution in [2.24, 2.45) is 5.41 Å². The highest BCUT2D eigenvalue weighted by Crippen LogP contribution is 2.62. The topological polar surface area (TPSA) is 99.6 Å². The average molecular weight is 402 g/mol. The summed E-state index contributed by atoms with van der Waals surface area (Å²) in [6.07, 6.45) is 1.48. The highest BCUT2D eigenvalue weighted by Gasteiger charge is 2.63. The second kappa shape index (κ2) is 7.66. The third-order valence-corrected chi connectivity index (χ3v) is 6.62. The van der Waals surface area contributed by atoms with Crippen LogP contribution in [0.2, 0.25) is 0 Å². The van der Waals surface area contributed by atoms with Crippen molar-refractivity contribution < 1.29 is 18.3 Å². The van der Waals surface area contributed by atoms with Gasteiger partial charge < -0.3 is 13.8 Å². The van der Waals surface area contributed by atoms with Crippen molar-refractivity contribution >= 4 is 7.60 Å². The molecule has 1 aromatic heterocycles. The van der Waals surface area contributed by atoms with E-state index in [1.807, 2.05) is 13.8 Å². The number of hydrogen-bond donors (Lipinski definition) is 1. The van der Waals surface area contributed by atoms with Gasteiger partial charge in [0.15, 0.2) is 0 Å². The molecule has 2 rings (SSSR count). The Morgan fingerprint density at radius 1 is 1.19 bits per heavy atom. The molecule has 1 aromatic rings. The molecule has 1 saturated carbocycles. The van der Waals surface area contributed by atoms with E-state index in [-0.39, 0.29) is 30.5 Å². The summed E-state index contributed by atoms with van der Waals surface area (Å²) in [7, 11) is -3.45. The van der Waals surface area contributed by atoms with Gasteiger partial charge in [-0.05, 0) is 46.5 Å². The average Bonchev–Trinajstić information content (AvgIpc) is 3.02. The van der Waals surface area contributed by atoms with E-state index in [1.165, 1.54) is 10.8 Å². The number of nitrogens with one attached hydrogen (secondary N) is 1. The predicted octanol–water partition coefficient (Wildman–Crippen LogP) is 3.03. The quantitative estimate of drug-likeness (QED) is 0.638. The van der Waals surface area contributed by atoms with Crippen LogP contribution in [0, 0.1) is 12.3 Å². The van der Waals surface area contributed by atoms with Gasteiger partial charge in [0.2, 0.25) is 0 Å². The molecular weight excluding hydrogens is 371 g/mol. The standard InChI is InChI=1S/C18H31N2O6P/c1-12(2)25-27(23,26-13(3)4)11-24-18(9-17(18,6)7)10-20-8-14(5)15(21)19-16(20)22/h8,12-13H,9-11H2,1-7H3,(H,19,21,22)/t18-/m0/s1. The van der Waals surface area contributed by atoms with Gasteiger partial charge >= 0.3 is 13.3 Å². The first kappa shape index (κ1) is 22.1. The second-order valence-corrected chi connectivity index (χ2v) is 10.3. The summed E-state index contributed by atoms with van der Waals surface area (Å²) < 4.78 is 31.7. The Hall–Kier alpha value is -1.21. The van der Waals surface area contributed by atoms with Crippen LogP contribution in [0.1, 0.15) is 53.5 Å². The highest BCUT2D eigenvalue weighted by molar-refractivity contribution is 7.53. The van der Waals surface area contributed by atoms with Gasteiger partial charge in [0.1, 0.15) is 6.35 Å². The number of aryl methyl sites for hydroxylation is 1. The van der Waals surface area contributed by atoms with Gasteiger partial charge in [0.25, 0.3) is 5.56 Å². The van der Waals surface area contributed by atoms with Crippen LogP contribution in [-0.4, -0.2) is 33.7 Å². The van der Waals surface area contributed by atoms with Crippen molar-refractivity contribution in [3.8, 4) is 0 Å². The Labute approximate surface area is 159 Å². The first-order valence-electron chi connectivity index (χ1n) is 9.19. The fraction of sp³-hybridized carbons (Fsp3) is 0.778. The molecule has 0 aliphatic heterocycles. The van der Waals surface area contributed by atoms with Crippen LogP contribution in [-0.2, 0) is 24.9 Å². The van der Waals surface area contributed by atoms with E-state index in [9.17, 15) is 14.2 Å². The molecule has 0 radical (unpaired) electrons. The first-order chi connectivity index (χ1) is 12.3. The largest absolute Gasteiger partial charge is 0.360 e. The number of H-pyrrole nitrogens is 1. The van der Waals surface area contributed by atoms with Gasteiger partial charge in [0.05, 0.1) is 24.4 Å². The number of hydrogen-bond acceptors (Lipinski definition) is 6. The summed E-state index contributed by atoms with van der Waals surface area (Å²) in [5.74, 6) is 0. The molecule has 0 aromatic carbocycles. The minimum atomic E-state index is -3.45. The lowest BCUT2D eigenvalue weighted by atomic mass is 10.1. The summed E-state index contributed by atoms with van der Waals surface area (Å²) in [6.45, 7) is 13.1. The molecule has 0 spiro atoms. The smallest absolute Gasteiger partial charge is 0.356 e. The van der Waals surface area contributed by atoms with Crippen LogP contribution in [0.25, 0.3) is 0 Å². The van der Waals surface area contributed by atoms with Crippen molar-refractivity contribution in [1.82, 2.24) is 9.55 Å². The van der Waals surface area contributed by atoms with Crippen molar-refractivity contribution in [1.29, 1.82) is 0 Å². The molecule has 8 nitrogen and oxygen atoms in total. The van der Waals surface area contributed by atoms with E-state index >= 15 is 0 Å². The van der Waals surface area contributed by atoms with E-state index < -0.39 is 24.4 Å². The zero-order valence-electron chi connectivity index (χ0n) is 17.2. The number of aromatic nitrogens is 2. The summed E-state index contributed by atoms with van der Waals surface area (Å²) in [5, 5.41) is 0. The number of aromatic amines is 1. The van der Waals surface area contributed by atoms with E-state index in [4.69, 9.17) is 13.8 Å². The summed E-state index contributed by atoms with van der Waals surface area (Å²) in [6, 6.07) is 0. The monoisotopic (exact) mass is 402 g/mol. The molecule has 1 fully saturated rings. The Kier molecular flexibility index (Phi) is 6.27. The highest BCUT2D eigenvalue weighted by atomic mass is 31.2. The molecular formula is C18H31N2O6P. The Morgan fingerprint density at radius 2 is 1.70 bits per heavy atom. The van der Waals surface area contributed by atoms with E-state index in [1.54, 1.807) is 34.6 Å². The fourth-order valence-corrected chi connectivity index (χ4v) is 5.03. The Bertz CT molecular complexity index is 827. The second-order valence-electron chi connectivity index (χ2n) is 8.45. The van der Waals surface area contributed by atoms with Crippen molar-refractivity contribution in [3.63, 3.8) is 0 Å². The Morgan fingerprint density at radius 3 is 2.15 bits per heavy atom. The van der Waals surface area contributed by atoms with Crippen LogP contribution in [0.15, 0.2) is 15.8 Å². The SMILES string of the molecule is Cc1cn(C[C@@]2(OCP(=O)(OC(C)C)OC(C)C)CC2(C)C)c(=O)[nH]c1=O. The van der Waals surface area contributed by atoms with E-state index in [2.05, 4.69) is 4.98 Å². The predicted molar refractivity (Wildman–Crippen MR) is 103 cm³/mol. The molecule has 0 amide bonds. The summed E-state index contributed by atoms with van der Waals surface area (Å²) in [4.78, 5) is 26.0. The van der Waals surface area contributed by atoms with E-state index in [0.29, 0.717) is 12.0 Å². The van der Waals surface area contributed by atoms with Crippen LogP contribution in [0.3, 0.4) is 0 Å². The summed E-state index contributed by atoms with van der Waals surface area (Å²) >= 11 is 0. The lowest BCUT2D eigenvalue weighted by Gasteiger charge is -2.27. The van der Waals surface area contributed by atoms with Gasteiger partial charge in [-0.15, -0.1) is 0 Å². The zero-order valence-corrected chi connectivity index (χ0v) is 18.1. The minimum Gasteiger partial charge on any atom is -0.360 e. The zero-order chi connectivity index (χ0) is 20.6. The number of nitrogens with zero attached hydrogens (tertiary/aromatic N) is 1. The van der Waals surface area contributed by atoms with Crippen molar-refractivity contribution in [2.75, 3.05) is 6.35 Å². The fourth-order valence-electron chi connectivity index (χ4n) is 3.17. The van der Waals surface area contributed by atoms with Gasteiger partial charge in [-0.25, -0.2) is 4.79 Å². The van der Waals surface area contributed by atoms with Gasteiger partial charge in [0, 0.05) is 11.8 Å². The maximum atomic E-state index is 13.1. The van der Waals surface area contributed by atoms with Crippen LogP contribution in [0.4, 0.5) is 0 Å². The van der Waals surface area contributed by atoms with Crippen LogP contribution >= 0.6 is 7.60 Å². The van der Waals surface area contributed by atoms with Crippen LogP contribution < -0.4 is 11.2 Å². The number of rotatable bonds is 9. The molecule has 1 atom stereocenters. The van der Waals surface area contributed by atoms with Gasteiger partial charge in [-0.3, -0.25) is 18.9 Å². The molecule has 154 valence electrons. The molecule has 0 unspecified atom stereocenters. The molecule has 0 bridgehead atoms. The number of ether oxygens (including phenoxy) is 1. The van der Waals surface area contributed by atoms with Crippen molar-refractivity contribution in [2.45, 2.75) is 79.2 Å². The molecule has 1 aliphatic rings. The van der Waals surface area contributed by atoms with Crippen molar-refractivity contribution in [3.05, 3.63) is 32.6 Å². The van der Waals surface area contributed by atoms with Gasteiger partial charge in [-0.1, -0.05) is 13.8 Å². The maximum Gasteiger partial charge on any atom is 0.356 e. The summed E-state index contributed by atoms with van der Waals surface area (Å²) in [5.41, 5.74) is -1.34. The molecule has 0 saturated heterocycles. The molecule has 1 aliphatic carbocycles. The molecule has 1 N–H and O–H groups in total. The third kappa shape index (κ3) is 5.19. The lowest BCUT2D eigenvalue weighted by Crippen LogP contribution is -2.37. The van der Waals surface area contributed by atoms with E-state index in [0.717, 1.165) is 0 Å². The lowest BCUT2D eigenvalue weighted by molar-refractivity contribution is 0.00305. The molecule has 9 heteroatoms. The van der Waals surface area contributed by atoms with Crippen LogP contribution in [0.5, 0.6) is 0 Å². The third-order valence-electron chi connectivity index (χ3n) is 4.69. The normalized spacial score (nSPS) is 21.8.